The second kappa shape index (κ2) is 7.79. The topological polar surface area (TPSA) is 68.8 Å². The van der Waals surface area contributed by atoms with Crippen LogP contribution in [0, 0.1) is 0 Å². The highest BCUT2D eigenvalue weighted by Gasteiger charge is 2.13. The van der Waals surface area contributed by atoms with Gasteiger partial charge in [0, 0.05) is 11.6 Å². The average Bonchev–Trinajstić information content (AvgIpc) is 3.05. The Bertz CT molecular complexity index is 723. The summed E-state index contributed by atoms with van der Waals surface area (Å²) in [6, 6.07) is 12.4. The van der Waals surface area contributed by atoms with Crippen molar-refractivity contribution in [1.82, 2.24) is 10.6 Å². The average molecular weight is 349 g/mol. The Morgan fingerprint density at radius 3 is 2.88 bits per heavy atom. The van der Waals surface area contributed by atoms with Crippen molar-refractivity contribution in [2.75, 3.05) is 19.9 Å². The van der Waals surface area contributed by atoms with Gasteiger partial charge in [0.15, 0.2) is 11.5 Å². The van der Waals surface area contributed by atoms with Crippen molar-refractivity contribution < 1.29 is 19.0 Å². The number of nitrogens with one attached hydrogen (secondary N) is 2. The van der Waals surface area contributed by atoms with Crippen LogP contribution in [0.1, 0.15) is 5.56 Å². The fraction of sp³-hybridized carbons (Fsp3) is 0.235. The van der Waals surface area contributed by atoms with Crippen molar-refractivity contribution in [3.63, 3.8) is 0 Å². The maximum Gasteiger partial charge on any atom is 0.315 e. The Morgan fingerprint density at radius 2 is 2.00 bits per heavy atom. The molecule has 7 heteroatoms. The maximum absolute atomic E-state index is 11.8. The van der Waals surface area contributed by atoms with E-state index in [4.69, 9.17) is 25.8 Å². The third-order valence-corrected chi connectivity index (χ3v) is 3.58. The summed E-state index contributed by atoms with van der Waals surface area (Å²) >= 11 is 5.87. The third kappa shape index (κ3) is 4.45. The number of rotatable bonds is 6. The summed E-state index contributed by atoms with van der Waals surface area (Å²) < 4.78 is 16.0. The molecular weight excluding hydrogens is 332 g/mol. The van der Waals surface area contributed by atoms with E-state index in [1.54, 1.807) is 12.1 Å². The molecule has 2 amide bonds. The summed E-state index contributed by atoms with van der Waals surface area (Å²) in [5, 5.41) is 6.11. The standard InChI is InChI=1S/C17H17ClN2O4/c18-13-2-1-3-14(9-13)22-7-6-19-17(21)20-10-12-4-5-15-16(8-12)24-11-23-15/h1-5,8-9H,6-7,10-11H2,(H2,19,20,21). The minimum absolute atomic E-state index is 0.235. The number of amides is 2. The number of halogens is 1. The first kappa shape index (κ1) is 16.3. The molecule has 0 aliphatic carbocycles. The summed E-state index contributed by atoms with van der Waals surface area (Å²) in [6.45, 7) is 1.38. The van der Waals surface area contributed by atoms with Gasteiger partial charge in [0.1, 0.15) is 12.4 Å². The Balaban J connectivity index is 1.35. The lowest BCUT2D eigenvalue weighted by Crippen LogP contribution is -2.37. The molecule has 0 saturated carbocycles. The van der Waals surface area contributed by atoms with E-state index in [-0.39, 0.29) is 12.8 Å². The molecule has 24 heavy (non-hydrogen) atoms. The Kier molecular flexibility index (Phi) is 5.28. The highest BCUT2D eigenvalue weighted by molar-refractivity contribution is 6.30. The normalized spacial score (nSPS) is 11.9. The molecule has 0 bridgehead atoms. The van der Waals surface area contributed by atoms with E-state index in [1.807, 2.05) is 30.3 Å². The van der Waals surface area contributed by atoms with Crippen LogP contribution in [0.2, 0.25) is 5.02 Å². The van der Waals surface area contributed by atoms with E-state index in [0.29, 0.717) is 36.2 Å². The maximum atomic E-state index is 11.8. The summed E-state index contributed by atoms with van der Waals surface area (Å²) in [6.07, 6.45) is 0. The van der Waals surface area contributed by atoms with Crippen LogP contribution >= 0.6 is 11.6 Å². The lowest BCUT2D eigenvalue weighted by atomic mass is 10.2. The number of carbonyl (C=O) groups excluding carboxylic acids is 1. The largest absolute Gasteiger partial charge is 0.492 e. The molecule has 2 aromatic rings. The molecule has 0 aromatic heterocycles. The van der Waals surface area contributed by atoms with Gasteiger partial charge in [-0.15, -0.1) is 0 Å². The minimum Gasteiger partial charge on any atom is -0.492 e. The van der Waals surface area contributed by atoms with E-state index in [9.17, 15) is 4.79 Å². The molecule has 0 atom stereocenters. The molecule has 6 nitrogen and oxygen atoms in total. The van der Waals surface area contributed by atoms with Gasteiger partial charge in [-0.3, -0.25) is 0 Å². The third-order valence-electron chi connectivity index (χ3n) is 3.34. The Morgan fingerprint density at radius 1 is 1.12 bits per heavy atom. The first-order valence-corrected chi connectivity index (χ1v) is 7.87. The fourth-order valence-electron chi connectivity index (χ4n) is 2.19. The van der Waals surface area contributed by atoms with Gasteiger partial charge in [-0.25, -0.2) is 4.79 Å². The highest BCUT2D eigenvalue weighted by atomic mass is 35.5. The van der Waals surface area contributed by atoms with Gasteiger partial charge in [0.05, 0.1) is 6.54 Å². The van der Waals surface area contributed by atoms with Gasteiger partial charge >= 0.3 is 6.03 Å². The van der Waals surface area contributed by atoms with Gasteiger partial charge in [-0.1, -0.05) is 23.7 Å². The Hall–Kier alpha value is -2.60. The molecule has 0 unspecified atom stereocenters. The zero-order valence-electron chi connectivity index (χ0n) is 12.9. The second-order valence-electron chi connectivity index (χ2n) is 5.10. The summed E-state index contributed by atoms with van der Waals surface area (Å²) in [5.74, 6) is 2.09. The van der Waals surface area contributed by atoms with Gasteiger partial charge in [-0.05, 0) is 35.9 Å². The SMILES string of the molecule is O=C(NCCOc1cccc(Cl)c1)NCc1ccc2c(c1)OCO2. The van der Waals surface area contributed by atoms with Gasteiger partial charge in [-0.2, -0.15) is 0 Å². The number of fused-ring (bicyclic) bond motifs is 1. The van der Waals surface area contributed by atoms with Gasteiger partial charge in [0.25, 0.3) is 0 Å². The molecule has 0 spiro atoms. The second-order valence-corrected chi connectivity index (χ2v) is 5.54. The number of urea groups is 1. The quantitative estimate of drug-likeness (QED) is 0.787. The lowest BCUT2D eigenvalue weighted by Gasteiger charge is -2.09. The van der Waals surface area contributed by atoms with Crippen molar-refractivity contribution in [2.24, 2.45) is 0 Å². The molecular formula is C17H17ClN2O4. The molecule has 2 aromatic carbocycles. The molecule has 0 saturated heterocycles. The zero-order valence-corrected chi connectivity index (χ0v) is 13.6. The first-order chi connectivity index (χ1) is 11.7. The van der Waals surface area contributed by atoms with Crippen LogP contribution in [0.5, 0.6) is 17.2 Å². The van der Waals surface area contributed by atoms with Gasteiger partial charge < -0.3 is 24.8 Å². The molecule has 2 N–H and O–H groups in total. The van der Waals surface area contributed by atoms with Crippen molar-refractivity contribution in [1.29, 1.82) is 0 Å². The predicted octanol–water partition coefficient (Wildman–Crippen LogP) is 2.95. The molecule has 1 heterocycles. The molecule has 126 valence electrons. The van der Waals surface area contributed by atoms with Gasteiger partial charge in [0.2, 0.25) is 6.79 Å². The van der Waals surface area contributed by atoms with E-state index in [1.165, 1.54) is 0 Å². The van der Waals surface area contributed by atoms with Crippen LogP contribution in [-0.2, 0) is 6.54 Å². The van der Waals surface area contributed by atoms with Crippen molar-refractivity contribution in [3.05, 3.63) is 53.1 Å². The summed E-state index contributed by atoms with van der Waals surface area (Å²) in [4.78, 5) is 11.8. The molecule has 1 aliphatic heterocycles. The van der Waals surface area contributed by atoms with E-state index in [2.05, 4.69) is 10.6 Å². The van der Waals surface area contributed by atoms with E-state index < -0.39 is 0 Å². The van der Waals surface area contributed by atoms with E-state index >= 15 is 0 Å². The Labute approximate surface area is 144 Å². The van der Waals surface area contributed by atoms with Crippen molar-refractivity contribution in [3.8, 4) is 17.2 Å². The van der Waals surface area contributed by atoms with Crippen LogP contribution in [0.15, 0.2) is 42.5 Å². The van der Waals surface area contributed by atoms with Crippen molar-refractivity contribution >= 4 is 17.6 Å². The molecule has 1 aliphatic rings. The number of hydrogen-bond donors (Lipinski definition) is 2. The monoisotopic (exact) mass is 348 g/mol. The zero-order chi connectivity index (χ0) is 16.8. The number of hydrogen-bond acceptors (Lipinski definition) is 4. The molecule has 0 radical (unpaired) electrons. The number of ether oxygens (including phenoxy) is 3. The smallest absolute Gasteiger partial charge is 0.315 e. The van der Waals surface area contributed by atoms with Crippen LogP contribution in [0.4, 0.5) is 4.79 Å². The van der Waals surface area contributed by atoms with Crippen LogP contribution in [0.25, 0.3) is 0 Å². The molecule has 0 fully saturated rings. The minimum atomic E-state index is -0.262. The predicted molar refractivity (Wildman–Crippen MR) is 89.8 cm³/mol. The van der Waals surface area contributed by atoms with Crippen molar-refractivity contribution in [2.45, 2.75) is 6.54 Å². The van der Waals surface area contributed by atoms with Crippen LogP contribution < -0.4 is 24.8 Å². The van der Waals surface area contributed by atoms with Crippen LogP contribution in [-0.4, -0.2) is 26.0 Å². The highest BCUT2D eigenvalue weighted by Crippen LogP contribution is 2.32. The van der Waals surface area contributed by atoms with Crippen LogP contribution in [0.3, 0.4) is 0 Å². The summed E-state index contributed by atoms with van der Waals surface area (Å²) in [5.41, 5.74) is 0.935. The van der Waals surface area contributed by atoms with E-state index in [0.717, 1.165) is 11.3 Å². The summed E-state index contributed by atoms with van der Waals surface area (Å²) in [7, 11) is 0. The lowest BCUT2D eigenvalue weighted by molar-refractivity contribution is 0.174. The molecule has 3 rings (SSSR count). The first-order valence-electron chi connectivity index (χ1n) is 7.49. The number of carbonyl (C=O) groups is 1. The fourth-order valence-corrected chi connectivity index (χ4v) is 2.37. The number of benzene rings is 2.